The number of hydrogen-bond donors (Lipinski definition) is 0. The van der Waals surface area contributed by atoms with Crippen molar-refractivity contribution < 1.29 is 14.3 Å². The normalized spacial score (nSPS) is 50.6. The van der Waals surface area contributed by atoms with E-state index in [0.717, 1.165) is 38.5 Å². The first-order chi connectivity index (χ1) is 11.4. The van der Waals surface area contributed by atoms with E-state index in [1.165, 1.54) is 26.2 Å². The Kier molecular flexibility index (Phi) is 4.14. The van der Waals surface area contributed by atoms with Gasteiger partial charge in [0.05, 0.1) is 4.32 Å². The Morgan fingerprint density at radius 3 is 2.54 bits per heavy atom. The maximum Gasteiger partial charge on any atom is 0.302 e. The van der Waals surface area contributed by atoms with E-state index in [2.05, 4.69) is 22.9 Å². The Bertz CT molecular complexity index is 561. The minimum absolute atomic E-state index is 0.101. The molecule has 7 atom stereocenters. The van der Waals surface area contributed by atoms with Crippen LogP contribution in [0.4, 0.5) is 0 Å². The summed E-state index contributed by atoms with van der Waals surface area (Å²) in [5.41, 5.74) is 0.151. The van der Waals surface area contributed by atoms with Crippen molar-refractivity contribution in [3.8, 4) is 0 Å². The molecule has 4 rings (SSSR count). The van der Waals surface area contributed by atoms with Crippen LogP contribution in [0.1, 0.15) is 71.6 Å². The first-order valence-electron chi connectivity index (χ1n) is 9.75. The van der Waals surface area contributed by atoms with E-state index in [1.807, 2.05) is 0 Å². The van der Waals surface area contributed by atoms with E-state index >= 15 is 0 Å². The van der Waals surface area contributed by atoms with Gasteiger partial charge in [-0.1, -0.05) is 22.9 Å². The van der Waals surface area contributed by atoms with Crippen LogP contribution >= 0.6 is 15.9 Å². The molecule has 4 fully saturated rings. The number of rotatable bonds is 1. The van der Waals surface area contributed by atoms with Crippen molar-refractivity contribution in [3.63, 3.8) is 0 Å². The van der Waals surface area contributed by atoms with Gasteiger partial charge in [-0.05, 0) is 75.0 Å². The predicted octanol–water partition coefficient (Wildman–Crippen LogP) is 4.66. The fraction of sp³-hybridized carbons (Fsp3) is 0.900. The average Bonchev–Trinajstić information content (AvgIpc) is 2.85. The van der Waals surface area contributed by atoms with E-state index in [1.54, 1.807) is 0 Å². The minimum Gasteiger partial charge on any atom is -0.462 e. The molecule has 0 unspecified atom stereocenters. The molecule has 0 spiro atoms. The molecule has 24 heavy (non-hydrogen) atoms. The molecule has 0 amide bonds. The number of ether oxygens (including phenoxy) is 1. The van der Waals surface area contributed by atoms with Crippen LogP contribution in [0.15, 0.2) is 0 Å². The standard InChI is InChI=1S/C20H29BrO3/c1-12(22)24-18-7-6-15-13-9-11-20(21)16(4-3-5-17(20)23)14(13)8-10-19(15,18)2/h13-16,18H,3-11H2,1-2H3/t13-,14+,15+,16-,18+,19+,20+/m1/s1. The summed E-state index contributed by atoms with van der Waals surface area (Å²) in [7, 11) is 0. The molecule has 0 aliphatic heterocycles. The third-order valence-corrected chi connectivity index (χ3v) is 9.47. The van der Waals surface area contributed by atoms with Crippen molar-refractivity contribution in [1.82, 2.24) is 0 Å². The van der Waals surface area contributed by atoms with Crippen LogP contribution in [0.25, 0.3) is 0 Å². The van der Waals surface area contributed by atoms with Crippen molar-refractivity contribution >= 4 is 27.7 Å². The third kappa shape index (κ3) is 2.34. The summed E-state index contributed by atoms with van der Waals surface area (Å²) in [4.78, 5) is 24.1. The molecule has 0 radical (unpaired) electrons. The third-order valence-electron chi connectivity index (χ3n) is 8.04. The molecule has 0 N–H and O–H groups in total. The zero-order chi connectivity index (χ0) is 17.1. The van der Waals surface area contributed by atoms with Crippen molar-refractivity contribution in [1.29, 1.82) is 0 Å². The van der Waals surface area contributed by atoms with Crippen molar-refractivity contribution in [2.75, 3.05) is 0 Å². The van der Waals surface area contributed by atoms with Gasteiger partial charge in [-0.3, -0.25) is 9.59 Å². The van der Waals surface area contributed by atoms with Gasteiger partial charge in [0.25, 0.3) is 0 Å². The van der Waals surface area contributed by atoms with Crippen LogP contribution in [0, 0.1) is 29.1 Å². The topological polar surface area (TPSA) is 43.4 Å². The van der Waals surface area contributed by atoms with E-state index in [9.17, 15) is 9.59 Å². The molecule has 0 aromatic rings. The van der Waals surface area contributed by atoms with Crippen molar-refractivity contribution in [3.05, 3.63) is 0 Å². The lowest BCUT2D eigenvalue weighted by Gasteiger charge is -2.57. The second kappa shape index (κ2) is 5.82. The smallest absolute Gasteiger partial charge is 0.302 e. The highest BCUT2D eigenvalue weighted by atomic mass is 79.9. The largest absolute Gasteiger partial charge is 0.462 e. The maximum atomic E-state index is 12.6. The summed E-state index contributed by atoms with van der Waals surface area (Å²) in [5, 5.41) is 0. The molecule has 0 saturated heterocycles. The van der Waals surface area contributed by atoms with E-state index in [-0.39, 0.29) is 21.8 Å². The quantitative estimate of drug-likeness (QED) is 0.478. The van der Waals surface area contributed by atoms with Gasteiger partial charge in [-0.15, -0.1) is 0 Å². The van der Waals surface area contributed by atoms with E-state index in [4.69, 9.17) is 4.74 Å². The van der Waals surface area contributed by atoms with Crippen LogP contribution in [0.3, 0.4) is 0 Å². The number of esters is 1. The zero-order valence-electron chi connectivity index (χ0n) is 14.9. The Balaban J connectivity index is 1.59. The van der Waals surface area contributed by atoms with Crippen molar-refractivity contribution in [2.45, 2.75) is 82.1 Å². The summed E-state index contributed by atoms with van der Waals surface area (Å²) in [6.07, 6.45) is 9.84. The Morgan fingerprint density at radius 1 is 1.08 bits per heavy atom. The maximum absolute atomic E-state index is 12.6. The molecule has 4 heteroatoms. The number of halogens is 1. The molecular formula is C20H29BrO3. The molecule has 0 heterocycles. The zero-order valence-corrected chi connectivity index (χ0v) is 16.4. The summed E-state index contributed by atoms with van der Waals surface area (Å²) in [6.45, 7) is 3.90. The van der Waals surface area contributed by atoms with Gasteiger partial charge < -0.3 is 4.74 Å². The Labute approximate surface area is 153 Å². The van der Waals surface area contributed by atoms with Gasteiger partial charge in [0.2, 0.25) is 0 Å². The van der Waals surface area contributed by atoms with Crippen LogP contribution in [-0.2, 0) is 14.3 Å². The molecular weight excluding hydrogens is 368 g/mol. The predicted molar refractivity (Wildman–Crippen MR) is 95.8 cm³/mol. The number of ketones is 1. The van der Waals surface area contributed by atoms with Gasteiger partial charge in [0.15, 0.2) is 0 Å². The van der Waals surface area contributed by atoms with Gasteiger partial charge in [0.1, 0.15) is 11.9 Å². The SMILES string of the molecule is CC(=O)O[C@H]1CC[C@H]2[C@@H]3CC[C@@]4(Br)C(=O)CCC[C@@H]4[C@H]3CC[C@]12C. The van der Waals surface area contributed by atoms with Crippen LogP contribution < -0.4 is 0 Å². The Morgan fingerprint density at radius 2 is 1.79 bits per heavy atom. The van der Waals surface area contributed by atoms with E-state index < -0.39 is 0 Å². The number of carbonyl (C=O) groups is 2. The summed E-state index contributed by atoms with van der Waals surface area (Å²) in [6, 6.07) is 0. The first-order valence-corrected chi connectivity index (χ1v) is 10.5. The summed E-state index contributed by atoms with van der Waals surface area (Å²) in [5.74, 6) is 2.90. The number of fused-ring (bicyclic) bond motifs is 5. The van der Waals surface area contributed by atoms with E-state index in [0.29, 0.717) is 29.5 Å². The monoisotopic (exact) mass is 396 g/mol. The summed E-state index contributed by atoms with van der Waals surface area (Å²) >= 11 is 3.91. The van der Waals surface area contributed by atoms with Crippen LogP contribution in [-0.4, -0.2) is 22.2 Å². The molecule has 0 aromatic heterocycles. The van der Waals surface area contributed by atoms with Crippen LogP contribution in [0.2, 0.25) is 0 Å². The fourth-order valence-electron chi connectivity index (χ4n) is 6.96. The minimum atomic E-state index is -0.228. The number of Topliss-reactive ketones (excluding diaryl/α,β-unsaturated/α-hetero) is 1. The lowest BCUT2D eigenvalue weighted by atomic mass is 9.50. The highest BCUT2D eigenvalue weighted by Gasteiger charge is 2.61. The molecule has 3 nitrogen and oxygen atoms in total. The number of alkyl halides is 1. The molecule has 0 bridgehead atoms. The molecule has 4 aliphatic rings. The van der Waals surface area contributed by atoms with Gasteiger partial charge in [0, 0.05) is 18.8 Å². The second-order valence-corrected chi connectivity index (χ2v) is 10.4. The van der Waals surface area contributed by atoms with Crippen molar-refractivity contribution in [2.24, 2.45) is 29.1 Å². The number of carbonyl (C=O) groups excluding carboxylic acids is 2. The second-order valence-electron chi connectivity index (χ2n) is 8.98. The molecule has 134 valence electrons. The lowest BCUT2D eigenvalue weighted by Crippen LogP contribution is -2.56. The average molecular weight is 397 g/mol. The van der Waals surface area contributed by atoms with Gasteiger partial charge >= 0.3 is 5.97 Å². The Hall–Kier alpha value is -0.380. The fourth-order valence-corrected chi connectivity index (χ4v) is 7.95. The first kappa shape index (κ1) is 17.1. The summed E-state index contributed by atoms with van der Waals surface area (Å²) < 4.78 is 5.48. The lowest BCUT2D eigenvalue weighted by molar-refractivity contribution is -0.157. The molecule has 4 saturated carbocycles. The number of hydrogen-bond acceptors (Lipinski definition) is 3. The highest BCUT2D eigenvalue weighted by Crippen LogP contribution is 2.64. The van der Waals surface area contributed by atoms with Gasteiger partial charge in [-0.25, -0.2) is 0 Å². The van der Waals surface area contributed by atoms with Crippen LogP contribution in [0.5, 0.6) is 0 Å². The molecule has 0 aromatic carbocycles. The van der Waals surface area contributed by atoms with Gasteiger partial charge in [-0.2, -0.15) is 0 Å². The molecule has 4 aliphatic carbocycles. The highest BCUT2D eigenvalue weighted by molar-refractivity contribution is 9.10.